The highest BCUT2D eigenvalue weighted by molar-refractivity contribution is 6.06. The van der Waals surface area contributed by atoms with Gasteiger partial charge in [0.15, 0.2) is 0 Å². The van der Waals surface area contributed by atoms with Crippen molar-refractivity contribution in [3.05, 3.63) is 89.7 Å². The van der Waals surface area contributed by atoms with Crippen LogP contribution < -0.4 is 5.32 Å². The smallest absolute Gasteiger partial charge is 0.255 e. The number of nitrogens with zero attached hydrogens (tertiary/aromatic N) is 2. The Balaban J connectivity index is 1.55. The predicted molar refractivity (Wildman–Crippen MR) is 123 cm³/mol. The van der Waals surface area contributed by atoms with Gasteiger partial charge in [0.2, 0.25) is 0 Å². The number of carbonyl (C=O) groups is 1. The highest BCUT2D eigenvalue weighted by atomic mass is 16.1. The molecule has 1 amide bonds. The topological polar surface area (TPSA) is 86.5 Å². The number of aromatic amines is 2. The molecule has 6 nitrogen and oxygen atoms in total. The van der Waals surface area contributed by atoms with Crippen molar-refractivity contribution in [1.82, 2.24) is 19.9 Å². The number of benzene rings is 2. The van der Waals surface area contributed by atoms with Gasteiger partial charge in [-0.25, -0.2) is 9.97 Å². The van der Waals surface area contributed by atoms with Crippen molar-refractivity contribution in [2.45, 2.75) is 13.8 Å². The number of amides is 1. The first kappa shape index (κ1) is 18.8. The van der Waals surface area contributed by atoms with E-state index in [1.165, 1.54) is 5.56 Å². The highest BCUT2D eigenvalue weighted by Crippen LogP contribution is 2.29. The Hall–Kier alpha value is -4.19. The fraction of sp³-hybridized carbons (Fsp3) is 0.0800. The molecule has 0 unspecified atom stereocenters. The van der Waals surface area contributed by atoms with Crippen molar-refractivity contribution in [1.29, 1.82) is 0 Å². The average molecular weight is 407 g/mol. The van der Waals surface area contributed by atoms with Crippen LogP contribution in [0.25, 0.3) is 33.8 Å². The molecule has 0 radical (unpaired) electrons. The van der Waals surface area contributed by atoms with E-state index < -0.39 is 0 Å². The molecule has 31 heavy (non-hydrogen) atoms. The monoisotopic (exact) mass is 407 g/mol. The molecule has 0 bridgehead atoms. The Morgan fingerprint density at radius 3 is 2.06 bits per heavy atom. The number of nitrogens with one attached hydrogen (secondary N) is 3. The van der Waals surface area contributed by atoms with Gasteiger partial charge in [0.25, 0.3) is 5.91 Å². The summed E-state index contributed by atoms with van der Waals surface area (Å²) < 4.78 is 0. The second-order valence-electron chi connectivity index (χ2n) is 7.55. The molecule has 152 valence electrons. The second kappa shape index (κ2) is 7.57. The first-order valence-electron chi connectivity index (χ1n) is 10.1. The number of fused-ring (bicyclic) bond motifs is 1. The van der Waals surface area contributed by atoms with Gasteiger partial charge in [0, 0.05) is 23.6 Å². The van der Waals surface area contributed by atoms with Crippen LogP contribution in [-0.2, 0) is 0 Å². The normalized spacial score (nSPS) is 11.0. The summed E-state index contributed by atoms with van der Waals surface area (Å²) in [5.41, 5.74) is 8.25. The lowest BCUT2D eigenvalue weighted by Gasteiger charge is -2.10. The van der Waals surface area contributed by atoms with Gasteiger partial charge in [-0.3, -0.25) is 4.79 Å². The van der Waals surface area contributed by atoms with Crippen molar-refractivity contribution >= 4 is 22.6 Å². The van der Waals surface area contributed by atoms with Crippen LogP contribution in [0.1, 0.15) is 21.5 Å². The van der Waals surface area contributed by atoms with Crippen molar-refractivity contribution in [3.8, 4) is 22.8 Å². The molecule has 0 saturated carbocycles. The van der Waals surface area contributed by atoms with Crippen LogP contribution in [0.3, 0.4) is 0 Å². The lowest BCUT2D eigenvalue weighted by atomic mass is 10.1. The van der Waals surface area contributed by atoms with Crippen LogP contribution in [0.4, 0.5) is 5.69 Å². The molecule has 5 rings (SSSR count). The Kier molecular flexibility index (Phi) is 4.59. The molecular formula is C25H21N5O. The first-order chi connectivity index (χ1) is 15.1. The summed E-state index contributed by atoms with van der Waals surface area (Å²) in [4.78, 5) is 29.0. The molecule has 5 aromatic rings. The number of carbonyl (C=O) groups excluding carboxylic acids is 1. The van der Waals surface area contributed by atoms with Crippen LogP contribution >= 0.6 is 0 Å². The maximum Gasteiger partial charge on any atom is 0.255 e. The highest BCUT2D eigenvalue weighted by Gasteiger charge is 2.16. The predicted octanol–water partition coefficient (Wildman–Crippen LogP) is 5.49. The Labute approximate surface area is 179 Å². The van der Waals surface area contributed by atoms with Crippen molar-refractivity contribution in [2.75, 3.05) is 5.32 Å². The molecular weight excluding hydrogens is 386 g/mol. The Bertz CT molecular complexity index is 1390. The zero-order valence-electron chi connectivity index (χ0n) is 17.2. The SMILES string of the molecule is Cc1ccc(NC(=O)c2ccc3nc(-c4ccc[nH]4)c(-c4ccc[nH]4)nc3c2)cc1C. The van der Waals surface area contributed by atoms with E-state index in [-0.39, 0.29) is 5.91 Å². The van der Waals surface area contributed by atoms with Gasteiger partial charge < -0.3 is 15.3 Å². The summed E-state index contributed by atoms with van der Waals surface area (Å²) in [6.45, 7) is 4.08. The summed E-state index contributed by atoms with van der Waals surface area (Å²) in [6, 6.07) is 19.1. The third kappa shape index (κ3) is 3.59. The molecule has 0 spiro atoms. The number of anilines is 1. The fourth-order valence-electron chi connectivity index (χ4n) is 3.55. The third-order valence-corrected chi connectivity index (χ3v) is 5.40. The van der Waals surface area contributed by atoms with Crippen molar-refractivity contribution in [3.63, 3.8) is 0 Å². The third-order valence-electron chi connectivity index (χ3n) is 5.40. The van der Waals surface area contributed by atoms with Gasteiger partial charge >= 0.3 is 0 Å². The molecule has 2 aromatic carbocycles. The minimum atomic E-state index is -0.179. The molecule has 0 fully saturated rings. The van der Waals surface area contributed by atoms with Gasteiger partial charge in [-0.05, 0) is 79.6 Å². The van der Waals surface area contributed by atoms with Crippen LogP contribution in [-0.4, -0.2) is 25.8 Å². The van der Waals surface area contributed by atoms with Crippen LogP contribution in [0.5, 0.6) is 0 Å². The number of hydrogen-bond donors (Lipinski definition) is 3. The standard InChI is InChI=1S/C25H21N5O/c1-15-7-9-18(13-16(15)2)28-25(31)17-8-10-19-22(14-17)30-24(21-6-4-12-27-21)23(29-19)20-5-3-11-26-20/h3-14,26-27H,1-2H3,(H,28,31). The number of aromatic nitrogens is 4. The lowest BCUT2D eigenvalue weighted by Crippen LogP contribution is -2.12. The maximum absolute atomic E-state index is 12.9. The summed E-state index contributed by atoms with van der Waals surface area (Å²) in [5.74, 6) is -0.179. The van der Waals surface area contributed by atoms with Crippen molar-refractivity contribution < 1.29 is 4.79 Å². The molecule has 3 heterocycles. The van der Waals surface area contributed by atoms with E-state index in [2.05, 4.69) is 15.3 Å². The Morgan fingerprint density at radius 2 is 1.45 bits per heavy atom. The summed E-state index contributed by atoms with van der Waals surface area (Å²) >= 11 is 0. The number of aryl methyl sites for hydroxylation is 2. The summed E-state index contributed by atoms with van der Waals surface area (Å²) in [6.07, 6.45) is 3.72. The molecule has 0 aliphatic heterocycles. The van der Waals surface area contributed by atoms with Gasteiger partial charge in [-0.1, -0.05) is 6.07 Å². The van der Waals surface area contributed by atoms with E-state index in [1.54, 1.807) is 12.1 Å². The fourth-order valence-corrected chi connectivity index (χ4v) is 3.55. The van der Waals surface area contributed by atoms with E-state index in [1.807, 2.05) is 74.8 Å². The van der Waals surface area contributed by atoms with Gasteiger partial charge in [-0.15, -0.1) is 0 Å². The molecule has 0 aliphatic carbocycles. The van der Waals surface area contributed by atoms with E-state index in [9.17, 15) is 4.79 Å². The van der Waals surface area contributed by atoms with Crippen LogP contribution in [0, 0.1) is 13.8 Å². The molecule has 0 atom stereocenters. The zero-order valence-corrected chi connectivity index (χ0v) is 17.2. The molecule has 6 heteroatoms. The summed E-state index contributed by atoms with van der Waals surface area (Å²) in [5, 5.41) is 2.97. The minimum Gasteiger partial charge on any atom is -0.360 e. The average Bonchev–Trinajstić information content (AvgIpc) is 3.49. The van der Waals surface area contributed by atoms with Crippen LogP contribution in [0.15, 0.2) is 73.1 Å². The molecule has 0 aliphatic rings. The van der Waals surface area contributed by atoms with E-state index in [0.717, 1.165) is 39.5 Å². The van der Waals surface area contributed by atoms with Crippen LogP contribution in [0.2, 0.25) is 0 Å². The van der Waals surface area contributed by atoms with Gasteiger partial charge in [-0.2, -0.15) is 0 Å². The number of hydrogen-bond acceptors (Lipinski definition) is 3. The molecule has 3 aromatic heterocycles. The second-order valence-corrected chi connectivity index (χ2v) is 7.55. The van der Waals surface area contributed by atoms with Gasteiger partial charge in [0.05, 0.1) is 22.4 Å². The Morgan fingerprint density at radius 1 is 0.774 bits per heavy atom. The van der Waals surface area contributed by atoms with Gasteiger partial charge in [0.1, 0.15) is 11.4 Å². The first-order valence-corrected chi connectivity index (χ1v) is 10.1. The maximum atomic E-state index is 12.9. The molecule has 0 saturated heterocycles. The summed E-state index contributed by atoms with van der Waals surface area (Å²) in [7, 11) is 0. The minimum absolute atomic E-state index is 0.179. The lowest BCUT2D eigenvalue weighted by molar-refractivity contribution is 0.102. The quantitative estimate of drug-likeness (QED) is 0.368. The van der Waals surface area contributed by atoms with Crippen molar-refractivity contribution in [2.24, 2.45) is 0 Å². The zero-order chi connectivity index (χ0) is 21.4. The number of rotatable bonds is 4. The van der Waals surface area contributed by atoms with E-state index >= 15 is 0 Å². The van der Waals surface area contributed by atoms with E-state index in [0.29, 0.717) is 11.1 Å². The largest absolute Gasteiger partial charge is 0.360 e. The number of H-pyrrole nitrogens is 2. The van der Waals surface area contributed by atoms with E-state index in [4.69, 9.17) is 9.97 Å². The molecule has 3 N–H and O–H groups in total.